The van der Waals surface area contributed by atoms with Crippen molar-refractivity contribution in [2.24, 2.45) is 7.05 Å². The lowest BCUT2D eigenvalue weighted by Gasteiger charge is -2.12. The first kappa shape index (κ1) is 18.5. The molecule has 0 fully saturated rings. The van der Waals surface area contributed by atoms with E-state index in [0.717, 1.165) is 0 Å². The molecule has 0 saturated carbocycles. The highest BCUT2D eigenvalue weighted by atomic mass is 19.4. The van der Waals surface area contributed by atoms with Crippen LogP contribution in [0.1, 0.15) is 12.0 Å². The maximum Gasteiger partial charge on any atom is 0.390 e. The van der Waals surface area contributed by atoms with Crippen LogP contribution in [0.5, 0.6) is 0 Å². The van der Waals surface area contributed by atoms with Crippen molar-refractivity contribution in [3.63, 3.8) is 0 Å². The first-order valence-electron chi connectivity index (χ1n) is 7.35. The van der Waals surface area contributed by atoms with Crippen molar-refractivity contribution in [1.82, 2.24) is 4.57 Å². The number of benzene rings is 1. The van der Waals surface area contributed by atoms with Crippen molar-refractivity contribution < 1.29 is 18.1 Å². The van der Waals surface area contributed by atoms with Gasteiger partial charge >= 0.3 is 6.18 Å². The van der Waals surface area contributed by atoms with Crippen molar-refractivity contribution >= 4 is 11.4 Å². The summed E-state index contributed by atoms with van der Waals surface area (Å²) in [4.78, 5) is 22.2. The summed E-state index contributed by atoms with van der Waals surface area (Å²) in [6, 6.07) is 5.76. The Bertz CT molecular complexity index is 834. The number of nitrogens with zero attached hydrogens (tertiary/aromatic N) is 2. The van der Waals surface area contributed by atoms with Crippen LogP contribution in [-0.2, 0) is 7.05 Å². The molecule has 2 rings (SSSR count). The Balaban J connectivity index is 2.40. The molecular formula is C16H16F3N3O3. The molecule has 1 N–H and O–H groups in total. The molecule has 1 aromatic carbocycles. The molecule has 9 heteroatoms. The van der Waals surface area contributed by atoms with Gasteiger partial charge in [0.25, 0.3) is 11.2 Å². The monoisotopic (exact) mass is 355 g/mol. The van der Waals surface area contributed by atoms with Crippen LogP contribution in [0.3, 0.4) is 0 Å². The molecule has 134 valence electrons. The third-order valence-electron chi connectivity index (χ3n) is 3.61. The second kappa shape index (κ2) is 6.96. The highest BCUT2D eigenvalue weighted by Crippen LogP contribution is 2.31. The normalized spacial score (nSPS) is 11.4. The Hall–Kier alpha value is -2.84. The van der Waals surface area contributed by atoms with E-state index >= 15 is 0 Å². The number of nitro groups is 1. The minimum atomic E-state index is -4.35. The van der Waals surface area contributed by atoms with E-state index in [1.165, 1.54) is 22.8 Å². The maximum atomic E-state index is 12.3. The molecule has 1 aromatic heterocycles. The third-order valence-corrected chi connectivity index (χ3v) is 3.61. The molecule has 0 bridgehead atoms. The molecule has 0 radical (unpaired) electrons. The molecule has 0 saturated heterocycles. The summed E-state index contributed by atoms with van der Waals surface area (Å²) in [6.07, 6.45) is -3.89. The van der Waals surface area contributed by atoms with Gasteiger partial charge in [0.05, 0.1) is 11.3 Å². The average molecular weight is 355 g/mol. The largest absolute Gasteiger partial charge is 0.390 e. The van der Waals surface area contributed by atoms with Gasteiger partial charge in [0, 0.05) is 31.4 Å². The second-order valence-corrected chi connectivity index (χ2v) is 5.61. The Morgan fingerprint density at radius 1 is 1.24 bits per heavy atom. The van der Waals surface area contributed by atoms with Crippen molar-refractivity contribution in [2.45, 2.75) is 19.5 Å². The van der Waals surface area contributed by atoms with E-state index in [1.807, 2.05) is 0 Å². The number of aryl methyl sites for hydroxylation is 2. The number of hydrogen-bond donors (Lipinski definition) is 1. The van der Waals surface area contributed by atoms with E-state index in [1.54, 1.807) is 26.2 Å². The van der Waals surface area contributed by atoms with E-state index in [4.69, 9.17) is 0 Å². The molecule has 2 aromatic rings. The van der Waals surface area contributed by atoms with Crippen molar-refractivity contribution in [2.75, 3.05) is 11.9 Å². The van der Waals surface area contributed by atoms with Gasteiger partial charge in [0.15, 0.2) is 0 Å². The van der Waals surface area contributed by atoms with Crippen LogP contribution in [0.2, 0.25) is 0 Å². The fraction of sp³-hybridized carbons (Fsp3) is 0.312. The van der Waals surface area contributed by atoms with Crippen molar-refractivity contribution in [3.8, 4) is 11.1 Å². The highest BCUT2D eigenvalue weighted by molar-refractivity contribution is 5.74. The minimum absolute atomic E-state index is 0.00161. The number of rotatable bonds is 5. The van der Waals surface area contributed by atoms with E-state index in [9.17, 15) is 28.1 Å². The number of nitrogens with one attached hydrogen (secondary N) is 1. The number of hydrogen-bond acceptors (Lipinski definition) is 4. The van der Waals surface area contributed by atoms with E-state index < -0.39 is 24.1 Å². The number of alkyl halides is 3. The predicted molar refractivity (Wildman–Crippen MR) is 87.7 cm³/mol. The molecule has 0 amide bonds. The third kappa shape index (κ3) is 4.59. The summed E-state index contributed by atoms with van der Waals surface area (Å²) < 4.78 is 38.2. The van der Waals surface area contributed by atoms with Gasteiger partial charge in [0.2, 0.25) is 0 Å². The molecule has 0 atom stereocenters. The van der Waals surface area contributed by atoms with Crippen LogP contribution in [0, 0.1) is 17.0 Å². The van der Waals surface area contributed by atoms with E-state index in [0.29, 0.717) is 16.7 Å². The Morgan fingerprint density at radius 3 is 2.48 bits per heavy atom. The van der Waals surface area contributed by atoms with Gasteiger partial charge < -0.3 is 9.88 Å². The average Bonchev–Trinajstić information content (AvgIpc) is 2.50. The maximum absolute atomic E-state index is 12.3. The van der Waals surface area contributed by atoms with Crippen LogP contribution >= 0.6 is 0 Å². The Labute approximate surface area is 141 Å². The molecule has 0 aliphatic rings. The van der Waals surface area contributed by atoms with Crippen molar-refractivity contribution in [3.05, 3.63) is 56.5 Å². The fourth-order valence-electron chi connectivity index (χ4n) is 2.39. The highest BCUT2D eigenvalue weighted by Gasteiger charge is 2.26. The predicted octanol–water partition coefficient (Wildman–Crippen LogP) is 3.63. The summed E-state index contributed by atoms with van der Waals surface area (Å²) >= 11 is 0. The molecule has 0 aliphatic carbocycles. The standard InChI is InChI=1S/C16H16F3N3O3/c1-10-7-12(9-21(2)15(10)23)11-3-4-14(22(24)25)13(8-11)20-6-5-16(17,18)19/h3-4,7-9,20H,5-6H2,1-2H3. The van der Waals surface area contributed by atoms with Crippen LogP contribution < -0.4 is 10.9 Å². The zero-order valence-electron chi connectivity index (χ0n) is 13.6. The summed E-state index contributed by atoms with van der Waals surface area (Å²) in [5.74, 6) is 0. The molecule has 25 heavy (non-hydrogen) atoms. The summed E-state index contributed by atoms with van der Waals surface area (Å²) in [5.41, 5.74) is 1.19. The first-order chi connectivity index (χ1) is 11.6. The van der Waals surface area contributed by atoms with E-state index in [-0.39, 0.29) is 16.9 Å². The lowest BCUT2D eigenvalue weighted by Crippen LogP contribution is -2.18. The second-order valence-electron chi connectivity index (χ2n) is 5.61. The molecule has 0 unspecified atom stereocenters. The lowest BCUT2D eigenvalue weighted by molar-refractivity contribution is -0.384. The summed E-state index contributed by atoms with van der Waals surface area (Å²) in [7, 11) is 1.58. The van der Waals surface area contributed by atoms with Crippen LogP contribution in [0.15, 0.2) is 35.3 Å². The molecular weight excluding hydrogens is 339 g/mol. The quantitative estimate of drug-likeness (QED) is 0.656. The molecule has 0 spiro atoms. The van der Waals surface area contributed by atoms with Crippen molar-refractivity contribution in [1.29, 1.82) is 0 Å². The smallest absolute Gasteiger partial charge is 0.379 e. The minimum Gasteiger partial charge on any atom is -0.379 e. The Kier molecular flexibility index (Phi) is 5.15. The number of anilines is 1. The number of pyridine rings is 1. The zero-order chi connectivity index (χ0) is 18.8. The lowest BCUT2D eigenvalue weighted by atomic mass is 10.0. The van der Waals surface area contributed by atoms with Crippen LogP contribution in [0.25, 0.3) is 11.1 Å². The van der Waals surface area contributed by atoms with Gasteiger partial charge in [-0.3, -0.25) is 14.9 Å². The fourth-order valence-corrected chi connectivity index (χ4v) is 2.39. The summed E-state index contributed by atoms with van der Waals surface area (Å²) in [5, 5.41) is 13.6. The van der Waals surface area contributed by atoms with Gasteiger partial charge in [-0.1, -0.05) is 0 Å². The molecule has 0 aliphatic heterocycles. The number of halogens is 3. The molecule has 6 nitrogen and oxygen atoms in total. The number of aromatic nitrogens is 1. The zero-order valence-corrected chi connectivity index (χ0v) is 13.6. The van der Waals surface area contributed by atoms with Gasteiger partial charge in [-0.2, -0.15) is 13.2 Å². The van der Waals surface area contributed by atoms with E-state index in [2.05, 4.69) is 5.32 Å². The van der Waals surface area contributed by atoms with Gasteiger partial charge in [-0.15, -0.1) is 0 Å². The van der Waals surface area contributed by atoms with Gasteiger partial charge in [-0.05, 0) is 36.2 Å². The number of nitro benzene ring substituents is 1. The Morgan fingerprint density at radius 2 is 1.92 bits per heavy atom. The first-order valence-corrected chi connectivity index (χ1v) is 7.35. The van der Waals surface area contributed by atoms with Crippen LogP contribution in [0.4, 0.5) is 24.5 Å². The van der Waals surface area contributed by atoms with Gasteiger partial charge in [0.1, 0.15) is 5.69 Å². The summed E-state index contributed by atoms with van der Waals surface area (Å²) in [6.45, 7) is 1.17. The SMILES string of the molecule is Cc1cc(-c2ccc([N+](=O)[O-])c(NCCC(F)(F)F)c2)cn(C)c1=O. The van der Waals surface area contributed by atoms with Gasteiger partial charge in [-0.25, -0.2) is 0 Å². The molecule has 1 heterocycles. The topological polar surface area (TPSA) is 77.2 Å². The van der Waals surface area contributed by atoms with Crippen LogP contribution in [-0.4, -0.2) is 22.2 Å².